The molecular formula is C30H27F6N2PS. The third-order valence-corrected chi connectivity index (χ3v) is 8.84. The van der Waals surface area contributed by atoms with Crippen LogP contribution in [0.4, 0.5) is 32.0 Å². The third-order valence-electron chi connectivity index (χ3n) is 6.29. The van der Waals surface area contributed by atoms with Crippen molar-refractivity contribution in [2.24, 2.45) is 0 Å². The van der Waals surface area contributed by atoms with E-state index in [1.165, 1.54) is 21.8 Å². The van der Waals surface area contributed by atoms with Crippen LogP contribution in [0.15, 0.2) is 102 Å². The fraction of sp³-hybridized carbons (Fsp3) is 0.233. The van der Waals surface area contributed by atoms with Crippen LogP contribution in [-0.2, 0) is 12.4 Å². The summed E-state index contributed by atoms with van der Waals surface area (Å²) in [5, 5.41) is 7.89. The molecule has 0 aromatic heterocycles. The van der Waals surface area contributed by atoms with Gasteiger partial charge in [-0.1, -0.05) is 83.7 Å². The molecule has 0 bridgehead atoms. The second-order valence-corrected chi connectivity index (χ2v) is 12.0. The summed E-state index contributed by atoms with van der Waals surface area (Å²) in [5.74, 6) is 2.37. The van der Waals surface area contributed by atoms with E-state index in [1.54, 1.807) is 0 Å². The molecule has 2 N–H and O–H groups in total. The summed E-state index contributed by atoms with van der Waals surface area (Å²) in [5.41, 5.74) is -0.663. The van der Waals surface area contributed by atoms with Crippen molar-refractivity contribution < 1.29 is 26.3 Å². The van der Waals surface area contributed by atoms with E-state index in [9.17, 15) is 26.3 Å². The number of thiocarbonyl (C=S) groups is 1. The molecule has 2 nitrogen and oxygen atoms in total. The number of hydrogen-bond donors (Lipinski definition) is 2. The Bertz CT molecular complexity index is 1310. The molecule has 1 saturated carbocycles. The minimum absolute atomic E-state index is 0.0674. The van der Waals surface area contributed by atoms with Gasteiger partial charge >= 0.3 is 12.4 Å². The SMILES string of the molecule is C[C@@H](/C=C1\CC/C(=C\P(c2ccccc2)c2ccccc2)C1)NC(=S)Nc1cc(C(F)(F)F)cc(C(F)(F)F)c1. The van der Waals surface area contributed by atoms with Gasteiger partial charge in [0.1, 0.15) is 0 Å². The van der Waals surface area contributed by atoms with Crippen LogP contribution in [0.5, 0.6) is 0 Å². The van der Waals surface area contributed by atoms with Crippen molar-refractivity contribution in [2.75, 3.05) is 5.32 Å². The quantitative estimate of drug-likeness (QED) is 0.130. The lowest BCUT2D eigenvalue weighted by molar-refractivity contribution is -0.143. The van der Waals surface area contributed by atoms with Crippen LogP contribution in [0.25, 0.3) is 0 Å². The maximum absolute atomic E-state index is 13.2. The minimum Gasteiger partial charge on any atom is -0.357 e. The van der Waals surface area contributed by atoms with E-state index >= 15 is 0 Å². The molecule has 1 fully saturated rings. The fourth-order valence-corrected chi connectivity index (χ4v) is 6.97. The number of anilines is 1. The number of rotatable bonds is 6. The lowest BCUT2D eigenvalue weighted by atomic mass is 10.1. The van der Waals surface area contributed by atoms with Crippen LogP contribution in [0.2, 0.25) is 0 Å². The first-order chi connectivity index (χ1) is 18.9. The van der Waals surface area contributed by atoms with Gasteiger partial charge in [0, 0.05) is 11.7 Å². The Morgan fingerprint density at radius 3 is 1.80 bits per heavy atom. The van der Waals surface area contributed by atoms with Gasteiger partial charge in [-0.3, -0.25) is 0 Å². The number of hydrogen-bond acceptors (Lipinski definition) is 1. The van der Waals surface area contributed by atoms with Gasteiger partial charge < -0.3 is 10.6 Å². The summed E-state index contributed by atoms with van der Waals surface area (Å²) in [4.78, 5) is 0. The standard InChI is InChI=1S/C30H27F6N2PS/c1-20(37-28(40)38-25-17-23(29(31,32)33)16-24(18-25)30(34,35)36)14-21-12-13-22(15-21)19-39(26-8-4-2-5-9-26)27-10-6-3-7-11-27/h2-11,14,16-20H,12-13,15H2,1H3,(H2,37,38,40)/b21-14+,22-19+/t20-/m0/s1. The summed E-state index contributed by atoms with van der Waals surface area (Å²) < 4.78 is 79.0. The van der Waals surface area contributed by atoms with Crippen molar-refractivity contribution in [3.05, 3.63) is 113 Å². The van der Waals surface area contributed by atoms with Crippen LogP contribution < -0.4 is 21.2 Å². The predicted octanol–water partition coefficient (Wildman–Crippen LogP) is 8.53. The smallest absolute Gasteiger partial charge is 0.357 e. The van der Waals surface area contributed by atoms with Gasteiger partial charge in [-0.15, -0.1) is 0 Å². The Morgan fingerprint density at radius 2 is 1.30 bits per heavy atom. The summed E-state index contributed by atoms with van der Waals surface area (Å²) in [6.45, 7) is 1.83. The molecule has 1 aliphatic rings. The summed E-state index contributed by atoms with van der Waals surface area (Å²) in [7, 11) is -0.662. The van der Waals surface area contributed by atoms with E-state index in [2.05, 4.69) is 40.7 Å². The van der Waals surface area contributed by atoms with Gasteiger partial charge in [0.05, 0.1) is 11.1 Å². The second kappa shape index (κ2) is 12.6. The van der Waals surface area contributed by atoms with Crippen molar-refractivity contribution in [3.63, 3.8) is 0 Å². The van der Waals surface area contributed by atoms with Gasteiger partial charge in [0.2, 0.25) is 0 Å². The molecule has 0 unspecified atom stereocenters. The maximum atomic E-state index is 13.2. The fourth-order valence-electron chi connectivity index (χ4n) is 4.50. The van der Waals surface area contributed by atoms with Gasteiger partial charge in [-0.25, -0.2) is 0 Å². The molecule has 4 rings (SSSR count). The molecule has 3 aromatic carbocycles. The molecule has 0 spiro atoms. The Hall–Kier alpha value is -3.16. The number of allylic oxidation sites excluding steroid dienone is 2. The monoisotopic (exact) mass is 592 g/mol. The molecule has 0 aliphatic heterocycles. The predicted molar refractivity (Wildman–Crippen MR) is 154 cm³/mol. The van der Waals surface area contributed by atoms with Crippen LogP contribution >= 0.6 is 20.1 Å². The Balaban J connectivity index is 1.43. The van der Waals surface area contributed by atoms with Crippen LogP contribution in [0, 0.1) is 0 Å². The summed E-state index contributed by atoms with van der Waals surface area (Å²) >= 11 is 5.19. The zero-order valence-electron chi connectivity index (χ0n) is 21.5. The van der Waals surface area contributed by atoms with E-state index in [0.29, 0.717) is 12.1 Å². The topological polar surface area (TPSA) is 24.1 Å². The third kappa shape index (κ3) is 8.18. The van der Waals surface area contributed by atoms with Crippen molar-refractivity contribution in [1.29, 1.82) is 0 Å². The molecule has 210 valence electrons. The van der Waals surface area contributed by atoms with E-state index in [-0.39, 0.29) is 22.9 Å². The molecule has 3 aromatic rings. The molecule has 10 heteroatoms. The number of halogens is 6. The van der Waals surface area contributed by atoms with Gasteiger partial charge in [-0.05, 0) is 75.1 Å². The Morgan fingerprint density at radius 1 is 0.800 bits per heavy atom. The summed E-state index contributed by atoms with van der Waals surface area (Å²) in [6.07, 6.45) is -5.26. The molecule has 1 aliphatic carbocycles. The highest BCUT2D eigenvalue weighted by atomic mass is 32.1. The highest BCUT2D eigenvalue weighted by molar-refractivity contribution is 7.80. The average molecular weight is 593 g/mol. The number of nitrogens with one attached hydrogen (secondary N) is 2. The zero-order valence-corrected chi connectivity index (χ0v) is 23.2. The highest BCUT2D eigenvalue weighted by Gasteiger charge is 2.37. The molecule has 40 heavy (non-hydrogen) atoms. The van der Waals surface area contributed by atoms with Crippen molar-refractivity contribution >= 4 is 41.5 Å². The maximum Gasteiger partial charge on any atom is 0.416 e. The molecule has 0 amide bonds. The Labute approximate surface area is 235 Å². The van der Waals surface area contributed by atoms with E-state index < -0.39 is 31.4 Å². The molecule has 1 atom stereocenters. The zero-order chi connectivity index (χ0) is 28.9. The van der Waals surface area contributed by atoms with Crippen LogP contribution in [-0.4, -0.2) is 11.2 Å². The second-order valence-electron chi connectivity index (χ2n) is 9.51. The van der Waals surface area contributed by atoms with Gasteiger partial charge in [0.15, 0.2) is 5.11 Å². The number of alkyl halides is 6. The lowest BCUT2D eigenvalue weighted by Gasteiger charge is -2.18. The average Bonchev–Trinajstić information content (AvgIpc) is 3.33. The van der Waals surface area contributed by atoms with Crippen LogP contribution in [0.1, 0.15) is 37.3 Å². The van der Waals surface area contributed by atoms with Crippen molar-refractivity contribution in [3.8, 4) is 0 Å². The van der Waals surface area contributed by atoms with E-state index in [1.807, 2.05) is 49.4 Å². The highest BCUT2D eigenvalue weighted by Crippen LogP contribution is 2.41. The van der Waals surface area contributed by atoms with Gasteiger partial charge in [-0.2, -0.15) is 26.3 Å². The minimum atomic E-state index is -4.93. The van der Waals surface area contributed by atoms with Crippen LogP contribution in [0.3, 0.4) is 0 Å². The van der Waals surface area contributed by atoms with E-state index in [4.69, 9.17) is 12.2 Å². The van der Waals surface area contributed by atoms with E-state index in [0.717, 1.165) is 19.3 Å². The Kier molecular flexibility index (Phi) is 9.37. The summed E-state index contributed by atoms with van der Waals surface area (Å²) in [6, 6.07) is 21.8. The molecule has 0 saturated heterocycles. The molecule has 0 radical (unpaired) electrons. The molecule has 0 heterocycles. The lowest BCUT2D eigenvalue weighted by Crippen LogP contribution is -2.35. The van der Waals surface area contributed by atoms with Crippen molar-refractivity contribution in [2.45, 2.75) is 44.6 Å². The van der Waals surface area contributed by atoms with Gasteiger partial charge in [0.25, 0.3) is 0 Å². The molecular weight excluding hydrogens is 565 g/mol. The normalized spacial score (nSPS) is 16.9. The largest absolute Gasteiger partial charge is 0.416 e. The number of benzene rings is 3. The first-order valence-electron chi connectivity index (χ1n) is 12.5. The van der Waals surface area contributed by atoms with Crippen molar-refractivity contribution in [1.82, 2.24) is 5.32 Å². The first-order valence-corrected chi connectivity index (χ1v) is 14.4. The first kappa shape index (κ1) is 29.8.